The van der Waals surface area contributed by atoms with Crippen LogP contribution in [0.25, 0.3) is 0 Å². The molecule has 0 aliphatic carbocycles. The largest absolute Gasteiger partial charge is 0.494 e. The lowest BCUT2D eigenvalue weighted by Gasteiger charge is -2.39. The van der Waals surface area contributed by atoms with Crippen molar-refractivity contribution in [1.29, 1.82) is 0 Å². The minimum absolute atomic E-state index is 0.128. The van der Waals surface area contributed by atoms with E-state index >= 15 is 0 Å². The first kappa shape index (κ1) is 25.2. The summed E-state index contributed by atoms with van der Waals surface area (Å²) in [4.78, 5) is 15.3. The zero-order valence-corrected chi connectivity index (χ0v) is 20.6. The molecular formula is C26H35NO5S. The summed E-state index contributed by atoms with van der Waals surface area (Å²) in [5.41, 5.74) is 1.16. The van der Waals surface area contributed by atoms with Gasteiger partial charge in [-0.2, -0.15) is 0 Å². The monoisotopic (exact) mass is 473 g/mol. The summed E-state index contributed by atoms with van der Waals surface area (Å²) >= 11 is 0. The Morgan fingerprint density at radius 1 is 1.03 bits per heavy atom. The Morgan fingerprint density at radius 2 is 1.67 bits per heavy atom. The predicted molar refractivity (Wildman–Crippen MR) is 129 cm³/mol. The molecule has 0 bridgehead atoms. The van der Waals surface area contributed by atoms with Gasteiger partial charge in [0.25, 0.3) is 0 Å². The van der Waals surface area contributed by atoms with Crippen molar-refractivity contribution < 1.29 is 22.7 Å². The molecule has 0 amide bonds. The fourth-order valence-corrected chi connectivity index (χ4v) is 6.06. The molecule has 6 nitrogen and oxygen atoms in total. The second-order valence-corrected chi connectivity index (χ2v) is 11.2. The molecule has 0 saturated carbocycles. The zero-order chi connectivity index (χ0) is 23.9. The highest BCUT2D eigenvalue weighted by Gasteiger charge is 2.54. The van der Waals surface area contributed by atoms with Gasteiger partial charge in [-0.3, -0.25) is 9.69 Å². The smallest absolute Gasteiger partial charge is 0.327 e. The summed E-state index contributed by atoms with van der Waals surface area (Å²) in [6.45, 7) is 8.40. The van der Waals surface area contributed by atoms with E-state index in [-0.39, 0.29) is 24.3 Å². The van der Waals surface area contributed by atoms with Crippen molar-refractivity contribution in [3.8, 4) is 5.75 Å². The van der Waals surface area contributed by atoms with Gasteiger partial charge in [0, 0.05) is 19.6 Å². The molecule has 1 saturated heterocycles. The number of sulfone groups is 1. The molecule has 33 heavy (non-hydrogen) atoms. The van der Waals surface area contributed by atoms with Crippen LogP contribution in [0, 0.1) is 5.92 Å². The van der Waals surface area contributed by atoms with Crippen LogP contribution in [0.3, 0.4) is 0 Å². The predicted octanol–water partition coefficient (Wildman–Crippen LogP) is 4.48. The van der Waals surface area contributed by atoms with Gasteiger partial charge in [0.1, 0.15) is 5.75 Å². The molecule has 1 aliphatic heterocycles. The van der Waals surface area contributed by atoms with Gasteiger partial charge in [-0.05, 0) is 61.9 Å². The SMILES string of the molecule is CCOC(=O)C1(S(=O)(=O)c2ccc(OCCC(C)C)cc2)CCN(Cc2ccccc2)CC1. The van der Waals surface area contributed by atoms with Gasteiger partial charge >= 0.3 is 5.97 Å². The molecule has 0 N–H and O–H groups in total. The maximum absolute atomic E-state index is 13.7. The fraction of sp³-hybridized carbons (Fsp3) is 0.500. The van der Waals surface area contributed by atoms with Crippen LogP contribution in [-0.4, -0.2) is 50.3 Å². The number of hydrogen-bond acceptors (Lipinski definition) is 6. The van der Waals surface area contributed by atoms with E-state index in [2.05, 4.69) is 30.9 Å². The third-order valence-electron chi connectivity index (χ3n) is 6.17. The normalized spacial score (nSPS) is 16.5. The topological polar surface area (TPSA) is 72.9 Å². The molecule has 3 rings (SSSR count). The Kier molecular flexibility index (Phi) is 8.54. The molecule has 7 heteroatoms. The molecule has 0 unspecified atom stereocenters. The van der Waals surface area contributed by atoms with Crippen LogP contribution in [0.2, 0.25) is 0 Å². The van der Waals surface area contributed by atoms with Crippen LogP contribution in [0.15, 0.2) is 59.5 Å². The standard InChI is InChI=1S/C26H35NO5S/c1-4-31-25(28)26(15-17-27(18-16-26)20-22-8-6-5-7-9-22)33(29,30)24-12-10-23(11-13-24)32-19-14-21(2)3/h5-13,21H,4,14-20H2,1-3H3. The minimum atomic E-state index is -3.95. The maximum atomic E-state index is 13.7. The average molecular weight is 474 g/mol. The van der Waals surface area contributed by atoms with E-state index in [4.69, 9.17) is 9.47 Å². The van der Waals surface area contributed by atoms with Crippen molar-refractivity contribution in [2.24, 2.45) is 5.92 Å². The molecule has 1 aliphatic rings. The van der Waals surface area contributed by atoms with E-state index in [1.807, 2.05) is 18.2 Å². The van der Waals surface area contributed by atoms with Crippen molar-refractivity contribution in [1.82, 2.24) is 4.90 Å². The highest BCUT2D eigenvalue weighted by Crippen LogP contribution is 2.37. The first-order chi connectivity index (χ1) is 15.8. The zero-order valence-electron chi connectivity index (χ0n) is 19.8. The van der Waals surface area contributed by atoms with Crippen molar-refractivity contribution in [3.05, 3.63) is 60.2 Å². The molecule has 180 valence electrons. The van der Waals surface area contributed by atoms with Gasteiger partial charge < -0.3 is 9.47 Å². The summed E-state index contributed by atoms with van der Waals surface area (Å²) in [6.07, 6.45) is 1.33. The second-order valence-electron chi connectivity index (χ2n) is 8.98. The summed E-state index contributed by atoms with van der Waals surface area (Å²) in [5, 5.41) is 0. The molecule has 2 aromatic carbocycles. The van der Waals surface area contributed by atoms with Gasteiger partial charge in [0.05, 0.1) is 18.1 Å². The fourth-order valence-electron chi connectivity index (χ4n) is 4.11. The Balaban J connectivity index is 1.78. The Labute approximate surface area is 197 Å². The molecule has 0 aromatic heterocycles. The third kappa shape index (κ3) is 5.95. The number of likely N-dealkylation sites (tertiary alicyclic amines) is 1. The van der Waals surface area contributed by atoms with E-state index in [1.54, 1.807) is 19.1 Å². The third-order valence-corrected chi connectivity index (χ3v) is 8.67. The van der Waals surface area contributed by atoms with E-state index in [1.165, 1.54) is 12.1 Å². The highest BCUT2D eigenvalue weighted by molar-refractivity contribution is 7.93. The summed E-state index contributed by atoms with van der Waals surface area (Å²) < 4.78 is 36.9. The lowest BCUT2D eigenvalue weighted by molar-refractivity contribution is -0.147. The van der Waals surface area contributed by atoms with E-state index < -0.39 is 20.6 Å². The molecule has 1 heterocycles. The first-order valence-electron chi connectivity index (χ1n) is 11.7. The van der Waals surface area contributed by atoms with Crippen LogP contribution in [0.4, 0.5) is 0 Å². The average Bonchev–Trinajstić information content (AvgIpc) is 2.80. The number of benzene rings is 2. The molecule has 0 atom stereocenters. The number of nitrogens with zero attached hydrogens (tertiary/aromatic N) is 1. The summed E-state index contributed by atoms with van der Waals surface area (Å²) in [7, 11) is -3.95. The number of rotatable bonds is 10. The number of piperidine rings is 1. The molecule has 0 radical (unpaired) electrons. The lowest BCUT2D eigenvalue weighted by atomic mass is 9.95. The number of carbonyl (C=O) groups excluding carboxylic acids is 1. The van der Waals surface area contributed by atoms with Crippen molar-refractivity contribution in [2.75, 3.05) is 26.3 Å². The molecule has 0 spiro atoms. The first-order valence-corrected chi connectivity index (χ1v) is 13.2. The number of carbonyl (C=O) groups is 1. The van der Waals surface area contributed by atoms with Crippen LogP contribution < -0.4 is 4.74 Å². The van der Waals surface area contributed by atoms with Crippen LogP contribution in [0.1, 0.15) is 45.6 Å². The van der Waals surface area contributed by atoms with Gasteiger partial charge in [0.15, 0.2) is 14.6 Å². The number of esters is 1. The summed E-state index contributed by atoms with van der Waals surface area (Å²) in [5.74, 6) is 0.501. The van der Waals surface area contributed by atoms with E-state index in [0.717, 1.165) is 18.5 Å². The highest BCUT2D eigenvalue weighted by atomic mass is 32.2. The number of hydrogen-bond donors (Lipinski definition) is 0. The second kappa shape index (κ2) is 11.2. The van der Waals surface area contributed by atoms with Gasteiger partial charge in [-0.25, -0.2) is 8.42 Å². The van der Waals surface area contributed by atoms with Crippen LogP contribution >= 0.6 is 0 Å². The van der Waals surface area contributed by atoms with E-state index in [9.17, 15) is 13.2 Å². The lowest BCUT2D eigenvalue weighted by Crippen LogP contribution is -2.54. The van der Waals surface area contributed by atoms with Crippen molar-refractivity contribution >= 4 is 15.8 Å². The Morgan fingerprint density at radius 3 is 2.24 bits per heavy atom. The van der Waals surface area contributed by atoms with Crippen LogP contribution in [0.5, 0.6) is 5.75 Å². The number of ether oxygens (including phenoxy) is 2. The van der Waals surface area contributed by atoms with Crippen molar-refractivity contribution in [3.63, 3.8) is 0 Å². The van der Waals surface area contributed by atoms with Crippen molar-refractivity contribution in [2.45, 2.75) is 56.2 Å². The van der Waals surface area contributed by atoms with E-state index in [0.29, 0.717) is 31.4 Å². The van der Waals surface area contributed by atoms with Gasteiger partial charge in [-0.15, -0.1) is 0 Å². The molecule has 2 aromatic rings. The quantitative estimate of drug-likeness (QED) is 0.474. The summed E-state index contributed by atoms with van der Waals surface area (Å²) in [6, 6.07) is 16.5. The van der Waals surface area contributed by atoms with Crippen LogP contribution in [-0.2, 0) is 25.9 Å². The van der Waals surface area contributed by atoms with Gasteiger partial charge in [0.2, 0.25) is 0 Å². The maximum Gasteiger partial charge on any atom is 0.327 e. The minimum Gasteiger partial charge on any atom is -0.494 e. The van der Waals surface area contributed by atoms with Gasteiger partial charge in [-0.1, -0.05) is 44.2 Å². The Hall–Kier alpha value is -2.38. The molecule has 1 fully saturated rings. The molecular weight excluding hydrogens is 438 g/mol. The Bertz CT molecular complexity index is 995.